The van der Waals surface area contributed by atoms with Crippen LogP contribution < -0.4 is 5.56 Å². The zero-order valence-corrected chi connectivity index (χ0v) is 11.7. The third kappa shape index (κ3) is 2.83. The SMILES string of the molecule is O=C(Cn1cccc([N+](=O)[O-])c1=O)c1ccccc1Br. The van der Waals surface area contributed by atoms with E-state index in [4.69, 9.17) is 0 Å². The van der Waals surface area contributed by atoms with Crippen molar-refractivity contribution in [2.45, 2.75) is 6.54 Å². The number of Topliss-reactive ketones (excluding diaryl/α,β-unsaturated/α-hetero) is 1. The second-order valence-corrected chi connectivity index (χ2v) is 4.84. The van der Waals surface area contributed by atoms with E-state index in [2.05, 4.69) is 15.9 Å². The summed E-state index contributed by atoms with van der Waals surface area (Å²) in [6.45, 7) is -0.247. The predicted molar refractivity (Wildman–Crippen MR) is 75.8 cm³/mol. The number of benzene rings is 1. The molecule has 0 unspecified atom stereocenters. The van der Waals surface area contributed by atoms with Crippen LogP contribution in [0, 0.1) is 10.1 Å². The van der Waals surface area contributed by atoms with Crippen LogP contribution in [0.5, 0.6) is 0 Å². The Bertz CT molecular complexity index is 739. The Hall–Kier alpha value is -2.28. The van der Waals surface area contributed by atoms with Gasteiger partial charge in [0.2, 0.25) is 0 Å². The lowest BCUT2D eigenvalue weighted by molar-refractivity contribution is -0.386. The van der Waals surface area contributed by atoms with Gasteiger partial charge in [-0.05, 0) is 12.1 Å². The molecule has 0 radical (unpaired) electrons. The molecule has 1 heterocycles. The number of carbonyl (C=O) groups is 1. The number of ketones is 1. The summed E-state index contributed by atoms with van der Waals surface area (Å²) in [5.41, 5.74) is -0.920. The number of hydrogen-bond donors (Lipinski definition) is 0. The Morgan fingerprint density at radius 3 is 2.60 bits per heavy atom. The quantitative estimate of drug-likeness (QED) is 0.487. The van der Waals surface area contributed by atoms with Gasteiger partial charge in [-0.2, -0.15) is 0 Å². The van der Waals surface area contributed by atoms with Crippen LogP contribution in [0.15, 0.2) is 51.9 Å². The summed E-state index contributed by atoms with van der Waals surface area (Å²) in [4.78, 5) is 33.8. The molecule has 1 aromatic carbocycles. The summed E-state index contributed by atoms with van der Waals surface area (Å²) in [6.07, 6.45) is 1.35. The molecule has 6 nitrogen and oxygen atoms in total. The maximum Gasteiger partial charge on any atom is 0.334 e. The Labute approximate surface area is 121 Å². The standard InChI is InChI=1S/C13H9BrN2O4/c14-10-5-2-1-4-9(10)12(17)8-15-7-3-6-11(13(15)18)16(19)20/h1-7H,8H2. The van der Waals surface area contributed by atoms with Crippen molar-refractivity contribution in [2.24, 2.45) is 0 Å². The lowest BCUT2D eigenvalue weighted by Crippen LogP contribution is -2.25. The molecule has 0 aliphatic carbocycles. The molecule has 0 bridgehead atoms. The van der Waals surface area contributed by atoms with Crippen LogP contribution in [-0.4, -0.2) is 15.3 Å². The molecule has 0 atom stereocenters. The average Bonchev–Trinajstić information content (AvgIpc) is 2.41. The first-order valence-electron chi connectivity index (χ1n) is 5.62. The minimum Gasteiger partial charge on any atom is -0.302 e. The van der Waals surface area contributed by atoms with Gasteiger partial charge < -0.3 is 4.57 Å². The van der Waals surface area contributed by atoms with Crippen molar-refractivity contribution in [2.75, 3.05) is 0 Å². The zero-order valence-electron chi connectivity index (χ0n) is 10.2. The van der Waals surface area contributed by atoms with Gasteiger partial charge in [-0.15, -0.1) is 0 Å². The van der Waals surface area contributed by atoms with Gasteiger partial charge in [-0.1, -0.05) is 34.1 Å². The lowest BCUT2D eigenvalue weighted by atomic mass is 10.1. The van der Waals surface area contributed by atoms with Gasteiger partial charge in [0.05, 0.1) is 11.5 Å². The van der Waals surface area contributed by atoms with Gasteiger partial charge in [0.15, 0.2) is 5.78 Å². The van der Waals surface area contributed by atoms with Gasteiger partial charge in [0, 0.05) is 22.3 Å². The van der Waals surface area contributed by atoms with Gasteiger partial charge in [0.1, 0.15) is 0 Å². The number of pyridine rings is 1. The van der Waals surface area contributed by atoms with Crippen molar-refractivity contribution in [1.82, 2.24) is 4.57 Å². The van der Waals surface area contributed by atoms with E-state index < -0.39 is 16.2 Å². The average molecular weight is 337 g/mol. The van der Waals surface area contributed by atoms with E-state index in [0.29, 0.717) is 10.0 Å². The molecule has 0 fully saturated rings. The number of carbonyl (C=O) groups excluding carboxylic acids is 1. The van der Waals surface area contributed by atoms with Crippen LogP contribution in [0.1, 0.15) is 10.4 Å². The molecule has 7 heteroatoms. The Balaban J connectivity index is 2.34. The van der Waals surface area contributed by atoms with Gasteiger partial charge in [-0.3, -0.25) is 19.7 Å². The minimum atomic E-state index is -0.794. The summed E-state index contributed by atoms with van der Waals surface area (Å²) in [5.74, 6) is -0.305. The molecule has 0 spiro atoms. The molecule has 2 rings (SSSR count). The van der Waals surface area contributed by atoms with E-state index in [1.165, 1.54) is 12.3 Å². The fraction of sp³-hybridized carbons (Fsp3) is 0.0769. The number of aromatic nitrogens is 1. The first-order valence-corrected chi connectivity index (χ1v) is 6.41. The monoisotopic (exact) mass is 336 g/mol. The molecule has 0 aliphatic heterocycles. The first-order chi connectivity index (χ1) is 9.50. The molecule has 0 aliphatic rings. The van der Waals surface area contributed by atoms with Crippen LogP contribution in [0.2, 0.25) is 0 Å². The van der Waals surface area contributed by atoms with Gasteiger partial charge in [-0.25, -0.2) is 0 Å². The molecule has 20 heavy (non-hydrogen) atoms. The maximum atomic E-state index is 12.1. The van der Waals surface area contributed by atoms with Crippen LogP contribution in [0.4, 0.5) is 5.69 Å². The highest BCUT2D eigenvalue weighted by Gasteiger charge is 2.16. The second kappa shape index (κ2) is 5.79. The Morgan fingerprint density at radius 2 is 1.95 bits per heavy atom. The van der Waals surface area contributed by atoms with E-state index >= 15 is 0 Å². The molecular formula is C13H9BrN2O4. The molecule has 0 N–H and O–H groups in total. The molecule has 0 saturated heterocycles. The van der Waals surface area contributed by atoms with E-state index in [9.17, 15) is 19.7 Å². The second-order valence-electron chi connectivity index (χ2n) is 3.99. The predicted octanol–water partition coefficient (Wildman–Crippen LogP) is 2.40. The highest BCUT2D eigenvalue weighted by atomic mass is 79.9. The van der Waals surface area contributed by atoms with Crippen LogP contribution in [0.25, 0.3) is 0 Å². The molecule has 0 saturated carbocycles. The highest BCUT2D eigenvalue weighted by Crippen LogP contribution is 2.16. The fourth-order valence-electron chi connectivity index (χ4n) is 1.71. The van der Waals surface area contributed by atoms with Crippen molar-refractivity contribution in [3.8, 4) is 0 Å². The lowest BCUT2D eigenvalue weighted by Gasteiger charge is -2.06. The van der Waals surface area contributed by atoms with Crippen molar-refractivity contribution >= 4 is 27.4 Å². The topological polar surface area (TPSA) is 82.2 Å². The Kier molecular flexibility index (Phi) is 4.09. The van der Waals surface area contributed by atoms with Crippen LogP contribution in [0.3, 0.4) is 0 Å². The summed E-state index contributed by atoms with van der Waals surface area (Å²) < 4.78 is 1.64. The van der Waals surface area contributed by atoms with Crippen molar-refractivity contribution in [1.29, 1.82) is 0 Å². The zero-order chi connectivity index (χ0) is 14.7. The largest absolute Gasteiger partial charge is 0.334 e. The number of halogens is 1. The van der Waals surface area contributed by atoms with E-state index in [0.717, 1.165) is 10.6 Å². The van der Waals surface area contributed by atoms with Gasteiger partial charge in [0.25, 0.3) is 0 Å². The molecular weight excluding hydrogens is 328 g/mol. The minimum absolute atomic E-state index is 0.247. The van der Waals surface area contributed by atoms with E-state index in [1.807, 2.05) is 0 Å². The summed E-state index contributed by atoms with van der Waals surface area (Å²) in [7, 11) is 0. The third-order valence-electron chi connectivity index (χ3n) is 2.68. The van der Waals surface area contributed by atoms with E-state index in [1.54, 1.807) is 24.3 Å². The van der Waals surface area contributed by atoms with Crippen LogP contribution in [-0.2, 0) is 6.54 Å². The van der Waals surface area contributed by atoms with Crippen molar-refractivity contribution in [3.05, 3.63) is 73.1 Å². The normalized spacial score (nSPS) is 10.2. The smallest absolute Gasteiger partial charge is 0.302 e. The molecule has 2 aromatic rings. The number of nitro groups is 1. The summed E-state index contributed by atoms with van der Waals surface area (Å²) in [5, 5.41) is 10.7. The molecule has 102 valence electrons. The molecule has 0 amide bonds. The number of hydrogen-bond acceptors (Lipinski definition) is 4. The van der Waals surface area contributed by atoms with Crippen LogP contribution >= 0.6 is 15.9 Å². The summed E-state index contributed by atoms with van der Waals surface area (Å²) in [6, 6.07) is 9.28. The maximum absolute atomic E-state index is 12.1. The highest BCUT2D eigenvalue weighted by molar-refractivity contribution is 9.10. The Morgan fingerprint density at radius 1 is 1.25 bits per heavy atom. The number of rotatable bonds is 4. The van der Waals surface area contributed by atoms with Crippen molar-refractivity contribution < 1.29 is 9.72 Å². The number of nitrogens with zero attached hydrogens (tertiary/aromatic N) is 2. The third-order valence-corrected chi connectivity index (χ3v) is 3.38. The van der Waals surface area contributed by atoms with E-state index in [-0.39, 0.29) is 12.3 Å². The van der Waals surface area contributed by atoms with Gasteiger partial charge >= 0.3 is 11.2 Å². The van der Waals surface area contributed by atoms with Crippen molar-refractivity contribution in [3.63, 3.8) is 0 Å². The first kappa shape index (κ1) is 14.1. The molecule has 1 aromatic heterocycles. The summed E-state index contributed by atoms with van der Waals surface area (Å²) >= 11 is 3.25. The fourth-order valence-corrected chi connectivity index (χ4v) is 2.22.